The van der Waals surface area contributed by atoms with Crippen molar-refractivity contribution in [1.82, 2.24) is 15.6 Å². The zero-order chi connectivity index (χ0) is 18.5. The third-order valence-corrected chi connectivity index (χ3v) is 5.02. The van der Waals surface area contributed by atoms with Crippen LogP contribution >= 0.6 is 0 Å². The van der Waals surface area contributed by atoms with E-state index in [1.807, 2.05) is 40.0 Å². The molecule has 2 rings (SSSR count). The lowest BCUT2D eigenvalue weighted by Crippen LogP contribution is -2.58. The molecule has 2 unspecified atom stereocenters. The molecule has 0 spiro atoms. The first-order valence-corrected chi connectivity index (χ1v) is 9.34. The summed E-state index contributed by atoms with van der Waals surface area (Å²) in [5.74, 6) is 0.495. The zero-order valence-corrected chi connectivity index (χ0v) is 16.3. The van der Waals surface area contributed by atoms with Crippen LogP contribution in [0.3, 0.4) is 0 Å². The number of carbonyl (C=O) groups excluding carboxylic acids is 1. The largest absolute Gasteiger partial charge is 0.444 e. The van der Waals surface area contributed by atoms with Crippen molar-refractivity contribution < 1.29 is 9.53 Å². The van der Waals surface area contributed by atoms with Gasteiger partial charge in [0.1, 0.15) is 5.60 Å². The Morgan fingerprint density at radius 2 is 2.12 bits per heavy atom. The SMILES string of the molecule is Cc1ccc(CNC2(CNC(=O)OC(C)(C)C)CCCCC2C)cn1. The zero-order valence-electron chi connectivity index (χ0n) is 16.3. The molecule has 140 valence electrons. The number of aryl methyl sites for hydroxylation is 1. The van der Waals surface area contributed by atoms with Crippen LogP contribution in [-0.2, 0) is 11.3 Å². The van der Waals surface area contributed by atoms with Gasteiger partial charge in [0.2, 0.25) is 0 Å². The highest BCUT2D eigenvalue weighted by molar-refractivity contribution is 5.67. The Morgan fingerprint density at radius 1 is 1.36 bits per heavy atom. The smallest absolute Gasteiger partial charge is 0.407 e. The molecule has 1 aliphatic rings. The summed E-state index contributed by atoms with van der Waals surface area (Å²) in [6.45, 7) is 11.3. The van der Waals surface area contributed by atoms with Gasteiger partial charge in [-0.1, -0.05) is 25.8 Å². The fraction of sp³-hybridized carbons (Fsp3) is 0.700. The molecule has 0 bridgehead atoms. The maximum Gasteiger partial charge on any atom is 0.407 e. The maximum absolute atomic E-state index is 12.1. The number of carbonyl (C=O) groups is 1. The summed E-state index contributed by atoms with van der Waals surface area (Å²) in [6.07, 6.45) is 6.25. The van der Waals surface area contributed by atoms with E-state index in [2.05, 4.69) is 28.6 Å². The van der Waals surface area contributed by atoms with Crippen molar-refractivity contribution in [3.05, 3.63) is 29.6 Å². The minimum absolute atomic E-state index is 0.0972. The lowest BCUT2D eigenvalue weighted by molar-refractivity contribution is 0.0479. The molecule has 25 heavy (non-hydrogen) atoms. The van der Waals surface area contributed by atoms with Crippen molar-refractivity contribution in [1.29, 1.82) is 0 Å². The van der Waals surface area contributed by atoms with Gasteiger partial charge in [0.25, 0.3) is 0 Å². The van der Waals surface area contributed by atoms with E-state index in [0.717, 1.165) is 18.7 Å². The highest BCUT2D eigenvalue weighted by Crippen LogP contribution is 2.33. The number of pyridine rings is 1. The summed E-state index contributed by atoms with van der Waals surface area (Å²) < 4.78 is 5.40. The number of nitrogens with one attached hydrogen (secondary N) is 2. The first-order chi connectivity index (χ1) is 11.7. The second-order valence-electron chi connectivity index (χ2n) is 8.32. The molecular formula is C20H33N3O2. The molecule has 0 aromatic carbocycles. The van der Waals surface area contributed by atoms with Gasteiger partial charge < -0.3 is 15.4 Å². The number of nitrogens with zero attached hydrogens (tertiary/aromatic N) is 1. The fourth-order valence-electron chi connectivity index (χ4n) is 3.43. The van der Waals surface area contributed by atoms with E-state index < -0.39 is 5.60 Å². The first-order valence-electron chi connectivity index (χ1n) is 9.34. The Bertz CT molecular complexity index is 565. The molecule has 1 fully saturated rings. The molecule has 1 saturated carbocycles. The average molecular weight is 348 g/mol. The number of ether oxygens (including phenoxy) is 1. The van der Waals surface area contributed by atoms with Gasteiger partial charge >= 0.3 is 6.09 Å². The molecule has 0 saturated heterocycles. The van der Waals surface area contributed by atoms with Crippen LogP contribution < -0.4 is 10.6 Å². The third-order valence-electron chi connectivity index (χ3n) is 5.02. The summed E-state index contributed by atoms with van der Waals surface area (Å²) in [6, 6.07) is 4.14. The van der Waals surface area contributed by atoms with Gasteiger partial charge in [-0.25, -0.2) is 4.79 Å². The van der Waals surface area contributed by atoms with Crippen molar-refractivity contribution in [3.8, 4) is 0 Å². The minimum Gasteiger partial charge on any atom is -0.444 e. The van der Waals surface area contributed by atoms with Crippen LogP contribution in [-0.4, -0.2) is 28.8 Å². The second kappa shape index (κ2) is 8.17. The van der Waals surface area contributed by atoms with E-state index in [1.165, 1.54) is 24.8 Å². The van der Waals surface area contributed by atoms with Crippen LogP contribution in [0.2, 0.25) is 0 Å². The summed E-state index contributed by atoms with van der Waals surface area (Å²) in [5.41, 5.74) is 1.62. The Morgan fingerprint density at radius 3 is 2.72 bits per heavy atom. The third kappa shape index (κ3) is 5.99. The number of aromatic nitrogens is 1. The van der Waals surface area contributed by atoms with Gasteiger partial charge in [-0.05, 0) is 58.1 Å². The van der Waals surface area contributed by atoms with E-state index in [4.69, 9.17) is 4.74 Å². The summed E-state index contributed by atoms with van der Waals surface area (Å²) in [4.78, 5) is 16.5. The molecule has 1 aromatic rings. The molecule has 1 heterocycles. The van der Waals surface area contributed by atoms with Gasteiger partial charge in [-0.3, -0.25) is 4.98 Å². The minimum atomic E-state index is -0.476. The number of hydrogen-bond donors (Lipinski definition) is 2. The number of alkyl carbamates (subject to hydrolysis) is 1. The van der Waals surface area contributed by atoms with Gasteiger partial charge in [0.15, 0.2) is 0 Å². The van der Waals surface area contributed by atoms with E-state index in [-0.39, 0.29) is 11.6 Å². The normalized spacial score (nSPS) is 24.0. The molecule has 2 N–H and O–H groups in total. The topological polar surface area (TPSA) is 63.2 Å². The Balaban J connectivity index is 2.01. The van der Waals surface area contributed by atoms with Gasteiger partial charge in [-0.2, -0.15) is 0 Å². The molecule has 0 aliphatic heterocycles. The highest BCUT2D eigenvalue weighted by atomic mass is 16.6. The lowest BCUT2D eigenvalue weighted by Gasteiger charge is -2.44. The van der Waals surface area contributed by atoms with Gasteiger partial charge in [0, 0.05) is 30.5 Å². The van der Waals surface area contributed by atoms with E-state index in [0.29, 0.717) is 12.5 Å². The van der Waals surface area contributed by atoms with Crippen LogP contribution in [0.25, 0.3) is 0 Å². The van der Waals surface area contributed by atoms with Crippen molar-refractivity contribution in [2.75, 3.05) is 6.54 Å². The van der Waals surface area contributed by atoms with Crippen molar-refractivity contribution in [2.24, 2.45) is 5.92 Å². The van der Waals surface area contributed by atoms with E-state index in [1.54, 1.807) is 0 Å². The van der Waals surface area contributed by atoms with Crippen molar-refractivity contribution in [2.45, 2.75) is 78.0 Å². The molecule has 5 heteroatoms. The summed E-state index contributed by atoms with van der Waals surface area (Å²) in [7, 11) is 0. The number of rotatable bonds is 5. The van der Waals surface area contributed by atoms with Crippen molar-refractivity contribution in [3.63, 3.8) is 0 Å². The maximum atomic E-state index is 12.1. The van der Waals surface area contributed by atoms with Crippen LogP contribution in [0.4, 0.5) is 4.79 Å². The van der Waals surface area contributed by atoms with Gasteiger partial charge in [-0.15, -0.1) is 0 Å². The predicted octanol–water partition coefficient (Wildman–Crippen LogP) is 3.95. The van der Waals surface area contributed by atoms with E-state index in [9.17, 15) is 4.79 Å². The van der Waals surface area contributed by atoms with E-state index >= 15 is 0 Å². The molecular weight excluding hydrogens is 314 g/mol. The van der Waals surface area contributed by atoms with Gasteiger partial charge in [0.05, 0.1) is 0 Å². The lowest BCUT2D eigenvalue weighted by atomic mass is 9.73. The number of hydrogen-bond acceptors (Lipinski definition) is 4. The van der Waals surface area contributed by atoms with Crippen LogP contribution in [0.15, 0.2) is 18.3 Å². The fourth-order valence-corrected chi connectivity index (χ4v) is 3.43. The standard InChI is InChI=1S/C20H33N3O2/c1-15-8-6-7-11-20(15,14-22-18(24)25-19(3,4)5)23-13-17-10-9-16(2)21-12-17/h9-10,12,15,23H,6-8,11,13-14H2,1-5H3,(H,22,24). The molecule has 1 aromatic heterocycles. The van der Waals surface area contributed by atoms with Crippen LogP contribution in [0.1, 0.15) is 64.6 Å². The number of amides is 1. The highest BCUT2D eigenvalue weighted by Gasteiger charge is 2.38. The molecule has 1 amide bonds. The molecule has 1 aliphatic carbocycles. The molecule has 0 radical (unpaired) electrons. The molecule has 2 atom stereocenters. The Hall–Kier alpha value is -1.62. The Labute approximate surface area is 151 Å². The summed E-state index contributed by atoms with van der Waals surface area (Å²) >= 11 is 0. The molecule has 5 nitrogen and oxygen atoms in total. The van der Waals surface area contributed by atoms with Crippen LogP contribution in [0, 0.1) is 12.8 Å². The second-order valence-corrected chi connectivity index (χ2v) is 8.32. The Kier molecular flexibility index (Phi) is 6.44. The first kappa shape index (κ1) is 19.7. The predicted molar refractivity (Wildman–Crippen MR) is 100 cm³/mol. The van der Waals surface area contributed by atoms with Crippen LogP contribution in [0.5, 0.6) is 0 Å². The monoisotopic (exact) mass is 347 g/mol. The van der Waals surface area contributed by atoms with Crippen molar-refractivity contribution >= 4 is 6.09 Å². The quantitative estimate of drug-likeness (QED) is 0.846. The average Bonchev–Trinajstić information content (AvgIpc) is 2.53. The summed E-state index contributed by atoms with van der Waals surface area (Å²) in [5, 5.41) is 6.71.